The topological polar surface area (TPSA) is 93.1 Å². The predicted molar refractivity (Wildman–Crippen MR) is 159 cm³/mol. The van der Waals surface area contributed by atoms with Crippen LogP contribution in [0.5, 0.6) is 11.5 Å². The zero-order valence-corrected chi connectivity index (χ0v) is 23.5. The maximum absolute atomic E-state index is 13.5. The van der Waals surface area contributed by atoms with E-state index in [4.69, 9.17) is 18.9 Å². The molecule has 8 heteroatoms. The summed E-state index contributed by atoms with van der Waals surface area (Å²) in [5.74, 6) is 0.463. The predicted octanol–water partition coefficient (Wildman–Crippen LogP) is 5.88. The molecule has 5 rings (SSSR count). The normalized spacial score (nSPS) is 10.7. The largest absolute Gasteiger partial charge is 0.497 e. The van der Waals surface area contributed by atoms with Gasteiger partial charge in [0.25, 0.3) is 5.56 Å². The minimum Gasteiger partial charge on any atom is -0.497 e. The molecule has 0 aliphatic rings. The first-order valence-electron chi connectivity index (χ1n) is 13.2. The van der Waals surface area contributed by atoms with E-state index in [9.17, 15) is 14.4 Å². The van der Waals surface area contributed by atoms with Crippen molar-refractivity contribution in [2.24, 2.45) is 0 Å². The molecule has 0 aliphatic carbocycles. The minimum absolute atomic E-state index is 0.181. The van der Waals surface area contributed by atoms with Crippen molar-refractivity contribution >= 4 is 22.8 Å². The number of hydrogen-bond acceptors (Lipinski definition) is 7. The molecule has 0 N–H and O–H groups in total. The smallest absolute Gasteiger partial charge is 0.337 e. The molecule has 0 radical (unpaired) electrons. The number of pyridine rings is 1. The van der Waals surface area contributed by atoms with E-state index in [0.29, 0.717) is 41.3 Å². The molecule has 5 aromatic rings. The van der Waals surface area contributed by atoms with Crippen molar-refractivity contribution in [2.75, 3.05) is 21.3 Å². The van der Waals surface area contributed by atoms with Gasteiger partial charge < -0.3 is 23.5 Å². The lowest BCUT2D eigenvalue weighted by atomic mass is 10.00. The Morgan fingerprint density at radius 1 is 0.690 bits per heavy atom. The first-order valence-corrected chi connectivity index (χ1v) is 13.2. The third-order valence-corrected chi connectivity index (χ3v) is 6.96. The zero-order chi connectivity index (χ0) is 29.6. The first kappa shape index (κ1) is 28.2. The highest BCUT2D eigenvalue weighted by Crippen LogP contribution is 2.32. The molecular weight excluding hydrogens is 534 g/mol. The van der Waals surface area contributed by atoms with Gasteiger partial charge in [-0.05, 0) is 70.8 Å². The fourth-order valence-corrected chi connectivity index (χ4v) is 4.71. The van der Waals surface area contributed by atoms with Gasteiger partial charge in [0.1, 0.15) is 18.1 Å². The van der Waals surface area contributed by atoms with Crippen molar-refractivity contribution in [3.63, 3.8) is 0 Å². The van der Waals surface area contributed by atoms with Crippen molar-refractivity contribution in [1.29, 1.82) is 0 Å². The number of carbonyl (C=O) groups is 2. The molecule has 212 valence electrons. The highest BCUT2D eigenvalue weighted by molar-refractivity contribution is 5.95. The van der Waals surface area contributed by atoms with Crippen LogP contribution in [0.4, 0.5) is 0 Å². The fraction of sp³-hybridized carbons (Fsp3) is 0.147. The second kappa shape index (κ2) is 12.4. The molecule has 1 heterocycles. The third-order valence-electron chi connectivity index (χ3n) is 6.96. The molecule has 1 aromatic heterocycles. The van der Waals surface area contributed by atoms with E-state index < -0.39 is 11.9 Å². The number of fused-ring (bicyclic) bond motifs is 1. The average molecular weight is 564 g/mol. The Balaban J connectivity index is 1.46. The fourth-order valence-electron chi connectivity index (χ4n) is 4.71. The van der Waals surface area contributed by atoms with E-state index in [1.54, 1.807) is 42.0 Å². The van der Waals surface area contributed by atoms with Crippen LogP contribution in [0.1, 0.15) is 31.8 Å². The number of methoxy groups -OCH3 is 3. The van der Waals surface area contributed by atoms with Crippen LogP contribution in [0.25, 0.3) is 22.0 Å². The lowest BCUT2D eigenvalue weighted by Crippen LogP contribution is -2.21. The molecule has 0 atom stereocenters. The Hall–Kier alpha value is -5.37. The Bertz CT molecular complexity index is 1810. The molecule has 0 saturated heterocycles. The van der Waals surface area contributed by atoms with Gasteiger partial charge in [0, 0.05) is 17.5 Å². The Kier molecular flexibility index (Phi) is 8.34. The van der Waals surface area contributed by atoms with Crippen LogP contribution in [-0.4, -0.2) is 37.8 Å². The summed E-state index contributed by atoms with van der Waals surface area (Å²) < 4.78 is 22.7. The third kappa shape index (κ3) is 6.02. The van der Waals surface area contributed by atoms with Crippen molar-refractivity contribution in [3.05, 3.63) is 130 Å². The number of benzene rings is 4. The number of carbonyl (C=O) groups excluding carboxylic acids is 2. The van der Waals surface area contributed by atoms with E-state index in [-0.39, 0.29) is 5.56 Å². The number of hydrogen-bond donors (Lipinski definition) is 0. The average Bonchev–Trinajstić information content (AvgIpc) is 3.04. The van der Waals surface area contributed by atoms with E-state index in [2.05, 4.69) is 0 Å². The van der Waals surface area contributed by atoms with Gasteiger partial charge in [-0.1, -0.05) is 36.4 Å². The number of nitrogens with zero attached hydrogens (tertiary/aromatic N) is 1. The summed E-state index contributed by atoms with van der Waals surface area (Å²) in [6.07, 6.45) is 0. The second-order valence-electron chi connectivity index (χ2n) is 9.56. The number of ether oxygens (including phenoxy) is 4. The van der Waals surface area contributed by atoms with Crippen molar-refractivity contribution in [3.8, 4) is 22.6 Å². The molecule has 0 unspecified atom stereocenters. The van der Waals surface area contributed by atoms with Gasteiger partial charge in [-0.15, -0.1) is 0 Å². The molecular formula is C34H29NO7. The van der Waals surface area contributed by atoms with Gasteiger partial charge in [0.2, 0.25) is 0 Å². The second-order valence-corrected chi connectivity index (χ2v) is 9.56. The van der Waals surface area contributed by atoms with E-state index in [0.717, 1.165) is 27.6 Å². The number of rotatable bonds is 9. The number of esters is 2. The summed E-state index contributed by atoms with van der Waals surface area (Å²) in [4.78, 5) is 37.0. The Labute approximate surface area is 242 Å². The lowest BCUT2D eigenvalue weighted by molar-refractivity contribution is 0.0592. The maximum Gasteiger partial charge on any atom is 0.337 e. The Morgan fingerprint density at radius 2 is 1.33 bits per heavy atom. The molecule has 0 amide bonds. The summed E-state index contributed by atoms with van der Waals surface area (Å²) >= 11 is 0. The van der Waals surface area contributed by atoms with E-state index >= 15 is 0 Å². The van der Waals surface area contributed by atoms with Crippen LogP contribution in [-0.2, 0) is 22.6 Å². The minimum atomic E-state index is -0.416. The van der Waals surface area contributed by atoms with Crippen LogP contribution in [0.3, 0.4) is 0 Å². The standard InChI is InChI=1S/C34H29NO7/c1-39-27-15-16-29-30(19-32(36)35(31(29)18-27)20-22-7-11-24(12-8-22)33(37)40-2)26-5-4-6-28(17-26)42-21-23-9-13-25(14-10-23)34(38)41-3/h4-19H,20-21H2,1-3H3. The van der Waals surface area contributed by atoms with E-state index in [1.165, 1.54) is 14.2 Å². The molecule has 42 heavy (non-hydrogen) atoms. The molecule has 0 bridgehead atoms. The van der Waals surface area contributed by atoms with Crippen LogP contribution in [0, 0.1) is 0 Å². The van der Waals surface area contributed by atoms with Crippen LogP contribution >= 0.6 is 0 Å². The van der Waals surface area contributed by atoms with Gasteiger partial charge in [-0.25, -0.2) is 9.59 Å². The maximum atomic E-state index is 13.5. The van der Waals surface area contributed by atoms with Gasteiger partial charge in [-0.3, -0.25) is 4.79 Å². The summed E-state index contributed by atoms with van der Waals surface area (Å²) in [5, 5.41) is 0.872. The van der Waals surface area contributed by atoms with Crippen molar-refractivity contribution in [1.82, 2.24) is 4.57 Å². The van der Waals surface area contributed by atoms with E-state index in [1.807, 2.05) is 66.7 Å². The van der Waals surface area contributed by atoms with Gasteiger partial charge >= 0.3 is 11.9 Å². The number of aromatic nitrogens is 1. The van der Waals surface area contributed by atoms with Crippen LogP contribution < -0.4 is 15.0 Å². The lowest BCUT2D eigenvalue weighted by Gasteiger charge is -2.16. The first-order chi connectivity index (χ1) is 20.4. The zero-order valence-electron chi connectivity index (χ0n) is 23.5. The van der Waals surface area contributed by atoms with Crippen LogP contribution in [0.2, 0.25) is 0 Å². The molecule has 0 aliphatic heterocycles. The highest BCUT2D eigenvalue weighted by Gasteiger charge is 2.14. The molecule has 8 nitrogen and oxygen atoms in total. The monoisotopic (exact) mass is 563 g/mol. The summed E-state index contributed by atoms with van der Waals surface area (Å²) in [5.41, 5.74) is 4.80. The van der Waals surface area contributed by atoms with Gasteiger partial charge in [0.05, 0.1) is 44.5 Å². The van der Waals surface area contributed by atoms with Gasteiger partial charge in [-0.2, -0.15) is 0 Å². The Morgan fingerprint density at radius 3 is 1.95 bits per heavy atom. The highest BCUT2D eigenvalue weighted by atomic mass is 16.5. The quantitative estimate of drug-likeness (QED) is 0.207. The summed E-state index contributed by atoms with van der Waals surface area (Å²) in [6.45, 7) is 0.612. The van der Waals surface area contributed by atoms with Gasteiger partial charge in [0.15, 0.2) is 0 Å². The van der Waals surface area contributed by atoms with Crippen molar-refractivity contribution < 1.29 is 28.5 Å². The molecule has 0 saturated carbocycles. The summed E-state index contributed by atoms with van der Waals surface area (Å²) in [6, 6.07) is 28.9. The SMILES string of the molecule is COC(=O)c1ccc(COc2cccc(-c3cc(=O)n(Cc4ccc(C(=O)OC)cc4)c4cc(OC)ccc34)c2)cc1. The van der Waals surface area contributed by atoms with Crippen molar-refractivity contribution in [2.45, 2.75) is 13.2 Å². The molecule has 0 spiro atoms. The van der Waals surface area contributed by atoms with Crippen LogP contribution in [0.15, 0.2) is 102 Å². The molecule has 4 aromatic carbocycles. The summed E-state index contributed by atoms with van der Waals surface area (Å²) in [7, 11) is 4.27. The molecule has 0 fully saturated rings.